The fourth-order valence-corrected chi connectivity index (χ4v) is 12.3. The number of rotatable bonds is 9. The van der Waals surface area contributed by atoms with Crippen molar-refractivity contribution >= 4 is 34.1 Å². The third-order valence-electron chi connectivity index (χ3n) is 16.0. The van der Waals surface area contributed by atoms with Gasteiger partial charge in [-0.3, -0.25) is 0 Å². The number of benzene rings is 11. The van der Waals surface area contributed by atoms with Crippen LogP contribution < -0.4 is 9.80 Å². The summed E-state index contributed by atoms with van der Waals surface area (Å²) in [6.45, 7) is 4.80. The molecule has 11 aromatic carbocycles. The summed E-state index contributed by atoms with van der Waals surface area (Å²) < 4.78 is 0. The summed E-state index contributed by atoms with van der Waals surface area (Å²) in [7, 11) is 0. The average molecular weight is 1000 g/mol. The predicted molar refractivity (Wildman–Crippen MR) is 320 cm³/mol. The fourth-order valence-electron chi connectivity index (χ4n) is 12.3. The van der Waals surface area contributed by atoms with E-state index in [2.05, 4.69) is 272 Å². The van der Waals surface area contributed by atoms with Crippen LogP contribution in [0, 0.1) is 0 Å². The summed E-state index contributed by atoms with van der Waals surface area (Å²) >= 11 is 0. The molecule has 0 saturated heterocycles. The van der Waals surface area contributed by atoms with Gasteiger partial charge < -0.3 is 9.80 Å². The summed E-state index contributed by atoms with van der Waals surface area (Å²) in [4.78, 5) is 20.6. The van der Waals surface area contributed by atoms with E-state index in [1.807, 2.05) is 36.4 Å². The predicted octanol–water partition coefficient (Wildman–Crippen LogP) is 18.5. The van der Waals surface area contributed by atoms with Crippen LogP contribution in [0.2, 0.25) is 0 Å². The first-order valence-corrected chi connectivity index (χ1v) is 26.8. The van der Waals surface area contributed by atoms with Crippen LogP contribution in [-0.4, -0.2) is 15.0 Å². The van der Waals surface area contributed by atoms with Crippen molar-refractivity contribution in [2.75, 3.05) is 9.80 Å². The molecule has 2 heterocycles. The zero-order valence-corrected chi connectivity index (χ0v) is 43.4. The Kier molecular flexibility index (Phi) is 11.3. The molecule has 1 spiro atoms. The van der Waals surface area contributed by atoms with Gasteiger partial charge in [0.15, 0.2) is 17.5 Å². The number of aromatic nitrogens is 3. The van der Waals surface area contributed by atoms with Gasteiger partial charge in [-0.2, -0.15) is 0 Å². The van der Waals surface area contributed by atoms with Gasteiger partial charge in [0.2, 0.25) is 0 Å². The van der Waals surface area contributed by atoms with E-state index in [0.717, 1.165) is 56.4 Å². The molecule has 78 heavy (non-hydrogen) atoms. The third kappa shape index (κ3) is 7.73. The quantitative estimate of drug-likeness (QED) is 0.144. The first-order chi connectivity index (χ1) is 38.4. The van der Waals surface area contributed by atoms with Gasteiger partial charge in [0.25, 0.3) is 0 Å². The molecule has 5 nitrogen and oxygen atoms in total. The molecule has 2 aliphatic rings. The topological polar surface area (TPSA) is 45.2 Å². The lowest BCUT2D eigenvalue weighted by Crippen LogP contribution is -2.45. The lowest BCUT2D eigenvalue weighted by molar-refractivity contribution is 0.556. The fraction of sp³-hybridized carbons (Fsp3) is 0.0548. The molecule has 1 aliphatic carbocycles. The molecule has 1 unspecified atom stereocenters. The van der Waals surface area contributed by atoms with Crippen molar-refractivity contribution in [3.05, 3.63) is 318 Å². The first-order valence-electron chi connectivity index (χ1n) is 26.8. The molecular formula is C73H53N5. The van der Waals surface area contributed by atoms with Gasteiger partial charge in [0.05, 0.1) is 16.8 Å². The Morgan fingerprint density at radius 3 is 1.21 bits per heavy atom. The maximum Gasteiger partial charge on any atom is 0.164 e. The summed E-state index contributed by atoms with van der Waals surface area (Å²) in [6, 6.07) is 103. The second-order valence-electron chi connectivity index (χ2n) is 20.8. The van der Waals surface area contributed by atoms with E-state index < -0.39 is 10.8 Å². The van der Waals surface area contributed by atoms with Gasteiger partial charge in [-0.05, 0) is 128 Å². The van der Waals surface area contributed by atoms with Crippen LogP contribution in [-0.2, 0) is 10.8 Å². The molecule has 0 radical (unpaired) electrons. The number of hydrogen-bond donors (Lipinski definition) is 0. The van der Waals surface area contributed by atoms with Crippen LogP contribution >= 0.6 is 0 Å². The van der Waals surface area contributed by atoms with E-state index in [-0.39, 0.29) is 0 Å². The van der Waals surface area contributed by atoms with E-state index in [9.17, 15) is 0 Å². The number of para-hydroxylation sites is 2. The van der Waals surface area contributed by atoms with Crippen LogP contribution in [0.15, 0.2) is 285 Å². The zero-order valence-electron chi connectivity index (χ0n) is 43.4. The lowest BCUT2D eigenvalue weighted by atomic mass is 9.53. The zero-order chi connectivity index (χ0) is 52.2. The number of anilines is 6. The number of nitrogens with zero attached hydrogens (tertiary/aromatic N) is 5. The second-order valence-corrected chi connectivity index (χ2v) is 20.8. The van der Waals surface area contributed by atoms with E-state index in [1.54, 1.807) is 0 Å². The maximum atomic E-state index is 5.31. The van der Waals surface area contributed by atoms with Gasteiger partial charge >= 0.3 is 0 Å². The molecule has 12 aromatic rings. The van der Waals surface area contributed by atoms with Crippen molar-refractivity contribution in [1.82, 2.24) is 15.0 Å². The average Bonchev–Trinajstić information content (AvgIpc) is 2.85. The standard InChI is InChI=1S/C73H53N5/c1-72(2)61-32-18-19-33-62(61)73(63-46-45-60(49-65(63)72)77(58-41-36-52(37-42-58)50-22-8-3-9-23-50)59-43-38-53(39-44-59)51-24-10-4-11-25-51)64-34-20-21-35-67(64)78(57-30-16-7-17-31-57)68-47-40-56(48-66(68)73)71-75-69(54-26-12-5-13-27-54)74-70(76-71)55-28-14-6-15-29-55/h3-49H,1-2H3. The monoisotopic (exact) mass is 999 g/mol. The minimum Gasteiger partial charge on any atom is -0.310 e. The van der Waals surface area contributed by atoms with Gasteiger partial charge in [-0.15, -0.1) is 0 Å². The molecule has 370 valence electrons. The van der Waals surface area contributed by atoms with Crippen molar-refractivity contribution < 1.29 is 0 Å². The molecule has 1 atom stereocenters. The third-order valence-corrected chi connectivity index (χ3v) is 16.0. The largest absolute Gasteiger partial charge is 0.310 e. The minimum atomic E-state index is -0.787. The lowest BCUT2D eigenvalue weighted by Gasteiger charge is -2.52. The minimum absolute atomic E-state index is 0.417. The van der Waals surface area contributed by atoms with Crippen LogP contribution in [0.5, 0.6) is 0 Å². The Hall–Kier alpha value is -9.97. The Balaban J connectivity index is 1.02. The maximum absolute atomic E-state index is 5.31. The summed E-state index contributed by atoms with van der Waals surface area (Å²) in [6.07, 6.45) is 0. The Bertz CT molecular complexity index is 4010. The van der Waals surface area contributed by atoms with Gasteiger partial charge in [-0.25, -0.2) is 15.0 Å². The molecule has 0 N–H and O–H groups in total. The molecule has 0 saturated carbocycles. The molecule has 1 aliphatic heterocycles. The second kappa shape index (κ2) is 19.0. The highest BCUT2D eigenvalue weighted by Gasteiger charge is 2.53. The van der Waals surface area contributed by atoms with Crippen molar-refractivity contribution in [2.24, 2.45) is 0 Å². The van der Waals surface area contributed by atoms with Crippen LogP contribution in [0.1, 0.15) is 47.2 Å². The SMILES string of the molecule is CC1(C)c2ccccc2C2(c3ccccc3N(c3ccccc3)c3ccc(-c4nc(-c5ccccc5)nc(-c5ccccc5)n4)cc32)c2ccc(N(c3ccc(-c4ccccc4)cc3)c3ccc(-c4ccccc4)cc3)cc21. The van der Waals surface area contributed by atoms with Crippen molar-refractivity contribution in [3.8, 4) is 56.4 Å². The Morgan fingerprint density at radius 1 is 0.282 bits per heavy atom. The van der Waals surface area contributed by atoms with Crippen molar-refractivity contribution in [3.63, 3.8) is 0 Å². The number of fused-ring (bicyclic) bond motifs is 8. The normalized spacial score (nSPS) is 14.7. The summed E-state index contributed by atoms with van der Waals surface area (Å²) in [5, 5.41) is 0. The van der Waals surface area contributed by atoms with Crippen molar-refractivity contribution in [1.29, 1.82) is 0 Å². The molecule has 0 fully saturated rings. The smallest absolute Gasteiger partial charge is 0.164 e. The molecule has 1 aromatic heterocycles. The van der Waals surface area contributed by atoms with Gasteiger partial charge in [0, 0.05) is 44.9 Å². The molecular weight excluding hydrogens is 947 g/mol. The Labute approximate surface area is 456 Å². The Morgan fingerprint density at radius 2 is 0.667 bits per heavy atom. The van der Waals surface area contributed by atoms with E-state index in [0.29, 0.717) is 17.5 Å². The highest BCUT2D eigenvalue weighted by atomic mass is 15.2. The molecule has 14 rings (SSSR count). The molecule has 5 heteroatoms. The van der Waals surface area contributed by atoms with Gasteiger partial charge in [0.1, 0.15) is 0 Å². The molecule has 0 bridgehead atoms. The van der Waals surface area contributed by atoms with E-state index in [4.69, 9.17) is 15.0 Å². The molecule has 0 amide bonds. The first kappa shape index (κ1) is 46.6. The highest BCUT2D eigenvalue weighted by Crippen LogP contribution is 2.63. The number of hydrogen-bond acceptors (Lipinski definition) is 5. The van der Waals surface area contributed by atoms with Crippen LogP contribution in [0.25, 0.3) is 56.4 Å². The van der Waals surface area contributed by atoms with Crippen LogP contribution in [0.3, 0.4) is 0 Å². The summed E-state index contributed by atoms with van der Waals surface area (Å²) in [5.41, 5.74) is 20.2. The van der Waals surface area contributed by atoms with Crippen LogP contribution in [0.4, 0.5) is 34.1 Å². The van der Waals surface area contributed by atoms with E-state index in [1.165, 1.54) is 50.1 Å². The van der Waals surface area contributed by atoms with E-state index >= 15 is 0 Å². The van der Waals surface area contributed by atoms with Gasteiger partial charge in [-0.1, -0.05) is 226 Å². The van der Waals surface area contributed by atoms with Crippen molar-refractivity contribution in [2.45, 2.75) is 24.7 Å². The summed E-state index contributed by atoms with van der Waals surface area (Å²) in [5.74, 6) is 1.86. The highest BCUT2D eigenvalue weighted by molar-refractivity contribution is 5.93.